The van der Waals surface area contributed by atoms with Gasteiger partial charge in [0.1, 0.15) is 11.4 Å². The Bertz CT molecular complexity index is 1280. The van der Waals surface area contributed by atoms with Crippen LogP contribution in [0.15, 0.2) is 36.4 Å². The van der Waals surface area contributed by atoms with Gasteiger partial charge in [-0.2, -0.15) is 0 Å². The molecule has 3 rings (SSSR count). The van der Waals surface area contributed by atoms with Gasteiger partial charge < -0.3 is 41.1 Å². The van der Waals surface area contributed by atoms with E-state index in [-0.39, 0.29) is 42.2 Å². The van der Waals surface area contributed by atoms with Crippen LogP contribution in [0.4, 0.5) is 13.2 Å². The molecule has 7 N–H and O–H groups in total. The van der Waals surface area contributed by atoms with Crippen molar-refractivity contribution >= 4 is 35.7 Å². The zero-order valence-corrected chi connectivity index (χ0v) is 24.2. The first-order valence-electron chi connectivity index (χ1n) is 13.2. The van der Waals surface area contributed by atoms with E-state index in [0.29, 0.717) is 50.0 Å². The number of benzene rings is 1. The molecule has 1 aromatic rings. The summed E-state index contributed by atoms with van der Waals surface area (Å²) in [7, 11) is 0. The zero-order chi connectivity index (χ0) is 34.6. The minimum absolute atomic E-state index is 0.0684. The Kier molecular flexibility index (Phi) is 14.4. The molecule has 17 heteroatoms. The minimum Gasteiger partial charge on any atom is -0.478 e. The van der Waals surface area contributed by atoms with Crippen molar-refractivity contribution in [1.82, 2.24) is 9.80 Å². The maximum absolute atomic E-state index is 13.8. The van der Waals surface area contributed by atoms with Crippen molar-refractivity contribution in [3.05, 3.63) is 59.5 Å². The van der Waals surface area contributed by atoms with E-state index >= 15 is 0 Å². The lowest BCUT2D eigenvalue weighted by atomic mass is 10.0. The number of aliphatic hydroxyl groups is 1. The van der Waals surface area contributed by atoms with Gasteiger partial charge in [0.05, 0.1) is 6.04 Å². The molecule has 0 aliphatic carbocycles. The van der Waals surface area contributed by atoms with Crippen LogP contribution in [-0.4, -0.2) is 108 Å². The lowest BCUT2D eigenvalue weighted by molar-refractivity contribution is -0.147. The maximum Gasteiger partial charge on any atom is 0.328 e. The molecule has 2 fully saturated rings. The van der Waals surface area contributed by atoms with Crippen molar-refractivity contribution in [3.8, 4) is 0 Å². The van der Waals surface area contributed by atoms with Crippen LogP contribution in [-0.2, 0) is 35.2 Å². The van der Waals surface area contributed by atoms with Crippen LogP contribution < -0.4 is 5.73 Å². The molecule has 2 aliphatic heterocycles. The second kappa shape index (κ2) is 16.9. The van der Waals surface area contributed by atoms with E-state index in [1.165, 1.54) is 13.8 Å². The fourth-order valence-electron chi connectivity index (χ4n) is 4.53. The molecule has 2 amide bonds. The zero-order valence-electron chi connectivity index (χ0n) is 24.2. The topological polar surface area (TPSA) is 236 Å². The number of nitrogens with two attached hydrogens (primary N) is 1. The van der Waals surface area contributed by atoms with Crippen molar-refractivity contribution < 1.29 is 67.5 Å². The number of halogens is 3. The number of carbonyl (C=O) groups excluding carboxylic acids is 2. The number of carboxylic acids is 4. The first kappa shape index (κ1) is 38.3. The molecular weight excluding hydrogens is 611 g/mol. The van der Waals surface area contributed by atoms with E-state index in [9.17, 15) is 47.0 Å². The Morgan fingerprint density at radius 1 is 0.867 bits per heavy atom. The van der Waals surface area contributed by atoms with Crippen LogP contribution in [0.3, 0.4) is 0 Å². The predicted octanol–water partition coefficient (Wildman–Crippen LogP) is 0.618. The van der Waals surface area contributed by atoms with Gasteiger partial charge in [-0.25, -0.2) is 32.3 Å². The molecular formula is C28H34F3N3O11. The Hall–Kier alpha value is -4.77. The lowest BCUT2D eigenvalue weighted by Crippen LogP contribution is -2.47. The van der Waals surface area contributed by atoms with Crippen LogP contribution in [0.25, 0.3) is 0 Å². The second-order valence-corrected chi connectivity index (χ2v) is 10.5. The summed E-state index contributed by atoms with van der Waals surface area (Å²) in [5.74, 6) is -8.81. The third kappa shape index (κ3) is 13.2. The third-order valence-electron chi connectivity index (χ3n) is 6.42. The normalized spacial score (nSPS) is 18.0. The molecule has 248 valence electrons. The first-order valence-corrected chi connectivity index (χ1v) is 13.2. The average Bonchev–Trinajstić information content (AvgIpc) is 3.50. The number of amides is 2. The molecule has 0 spiro atoms. The number of fused-ring (bicyclic) bond motifs is 1. The molecule has 0 aromatic heterocycles. The highest BCUT2D eigenvalue weighted by Crippen LogP contribution is 2.33. The van der Waals surface area contributed by atoms with Crippen LogP contribution in [0.2, 0.25) is 0 Å². The van der Waals surface area contributed by atoms with Gasteiger partial charge in [0.15, 0.2) is 11.6 Å². The van der Waals surface area contributed by atoms with Crippen LogP contribution >= 0.6 is 0 Å². The monoisotopic (exact) mass is 645 g/mol. The molecule has 14 nitrogen and oxygen atoms in total. The van der Waals surface area contributed by atoms with Crippen molar-refractivity contribution in [2.45, 2.75) is 50.8 Å². The molecule has 3 atom stereocenters. The van der Waals surface area contributed by atoms with Gasteiger partial charge in [0.25, 0.3) is 5.91 Å². The van der Waals surface area contributed by atoms with E-state index in [4.69, 9.17) is 26.2 Å². The van der Waals surface area contributed by atoms with Gasteiger partial charge in [0.2, 0.25) is 5.91 Å². The second-order valence-electron chi connectivity index (χ2n) is 10.5. The van der Waals surface area contributed by atoms with E-state index in [1.54, 1.807) is 9.80 Å². The average molecular weight is 646 g/mol. The summed E-state index contributed by atoms with van der Waals surface area (Å²) < 4.78 is 40.2. The Morgan fingerprint density at radius 3 is 1.78 bits per heavy atom. The van der Waals surface area contributed by atoms with Gasteiger partial charge in [-0.1, -0.05) is 0 Å². The molecule has 0 bridgehead atoms. The van der Waals surface area contributed by atoms with Crippen LogP contribution in [0.1, 0.15) is 32.3 Å². The van der Waals surface area contributed by atoms with E-state index in [0.717, 1.165) is 12.5 Å². The smallest absolute Gasteiger partial charge is 0.328 e. The van der Waals surface area contributed by atoms with Gasteiger partial charge in [-0.05, 0) is 38.3 Å². The highest BCUT2D eigenvalue weighted by molar-refractivity contribution is 5.90. The van der Waals surface area contributed by atoms with E-state index in [2.05, 4.69) is 0 Å². The standard InChI is InChI=1S/C20H26F3N3O3.2C4H4O4/c1-20(2,29)19(28)25-9-11-3-4-26(17(11)10-25)18(27)7-13(24)5-12-6-15(22)16(23)8-14(12)21;2*5-3(6)1-2-4(7)8/h6,8,11,13,17,29H,3-5,7,9-10,24H2,1-2H3;2*1-2H,(H,5,6)(H,7,8)/b;2*2-1+/t11-,13+,17+;;/m0../s1. The third-order valence-corrected chi connectivity index (χ3v) is 6.42. The number of nitrogens with zero attached hydrogens (tertiary/aromatic N) is 2. The summed E-state index contributed by atoms with van der Waals surface area (Å²) in [6.45, 7) is 4.26. The first-order chi connectivity index (χ1) is 20.7. The minimum atomic E-state index is -1.47. The Balaban J connectivity index is 0.000000521. The van der Waals surface area contributed by atoms with Crippen molar-refractivity contribution in [2.24, 2.45) is 11.7 Å². The fourth-order valence-corrected chi connectivity index (χ4v) is 4.53. The van der Waals surface area contributed by atoms with E-state index in [1.807, 2.05) is 0 Å². The molecule has 0 radical (unpaired) electrons. The highest BCUT2D eigenvalue weighted by atomic mass is 19.2. The number of rotatable bonds is 9. The molecule has 0 unspecified atom stereocenters. The van der Waals surface area contributed by atoms with Gasteiger partial charge in [-0.3, -0.25) is 9.59 Å². The summed E-state index contributed by atoms with van der Waals surface area (Å²) in [4.78, 5) is 66.5. The number of hydrogen-bond donors (Lipinski definition) is 6. The van der Waals surface area contributed by atoms with E-state index < -0.39 is 53.0 Å². The number of likely N-dealkylation sites (tertiary alicyclic amines) is 2. The van der Waals surface area contributed by atoms with Crippen molar-refractivity contribution in [1.29, 1.82) is 0 Å². The summed E-state index contributed by atoms with van der Waals surface area (Å²) in [5.41, 5.74) is 4.43. The number of carboxylic acid groups (broad SMARTS) is 4. The molecule has 45 heavy (non-hydrogen) atoms. The number of carbonyl (C=O) groups is 6. The molecule has 0 saturated carbocycles. The molecule has 2 aliphatic rings. The summed E-state index contributed by atoms with van der Waals surface area (Å²) in [6.07, 6.45) is 2.82. The van der Waals surface area contributed by atoms with Crippen molar-refractivity contribution in [2.75, 3.05) is 19.6 Å². The van der Waals surface area contributed by atoms with Crippen LogP contribution in [0.5, 0.6) is 0 Å². The number of aliphatic carboxylic acids is 4. The van der Waals surface area contributed by atoms with Gasteiger partial charge in [0, 0.05) is 68.4 Å². The Morgan fingerprint density at radius 2 is 1.33 bits per heavy atom. The lowest BCUT2D eigenvalue weighted by Gasteiger charge is -2.28. The summed E-state index contributed by atoms with van der Waals surface area (Å²) >= 11 is 0. The SMILES string of the molecule is CC(C)(O)C(=O)N1C[C@@H]2CCN(C(=O)C[C@H](N)Cc3cc(F)c(F)cc3F)[C@@H]2C1.O=C(O)/C=C/C(=O)O.O=C(O)/C=C/C(=O)O. The quantitative estimate of drug-likeness (QED) is 0.160. The predicted molar refractivity (Wildman–Crippen MR) is 148 cm³/mol. The summed E-state index contributed by atoms with van der Waals surface area (Å²) in [6, 6.07) is 0.340. The molecule has 2 heterocycles. The van der Waals surface area contributed by atoms with Gasteiger partial charge >= 0.3 is 23.9 Å². The number of hydrogen-bond acceptors (Lipinski definition) is 8. The summed E-state index contributed by atoms with van der Waals surface area (Å²) in [5, 5.41) is 41.2. The Labute approximate surface area is 254 Å². The van der Waals surface area contributed by atoms with Gasteiger partial charge in [-0.15, -0.1) is 0 Å². The largest absolute Gasteiger partial charge is 0.478 e. The maximum atomic E-state index is 13.8. The van der Waals surface area contributed by atoms with Crippen molar-refractivity contribution in [3.63, 3.8) is 0 Å². The van der Waals surface area contributed by atoms with Crippen LogP contribution in [0, 0.1) is 23.4 Å². The fraction of sp³-hybridized carbons (Fsp3) is 0.429. The molecule has 1 aromatic carbocycles. The molecule has 2 saturated heterocycles. The highest BCUT2D eigenvalue weighted by Gasteiger charge is 2.46.